The van der Waals surface area contributed by atoms with Crippen LogP contribution in [0.1, 0.15) is 25.7 Å². The smallest absolute Gasteiger partial charge is 0.358 e. The maximum absolute atomic E-state index is 2.27. The van der Waals surface area contributed by atoms with Crippen LogP contribution in [0.5, 0.6) is 0 Å². The molecule has 0 unspecified atom stereocenters. The molecular formula is C17H27Ru. The molecule has 0 saturated carbocycles. The Hall–Kier alpha value is -0.677. The van der Waals surface area contributed by atoms with Gasteiger partial charge in [0.25, 0.3) is 0 Å². The Morgan fingerprint density at radius 3 is 0.722 bits per heavy atom. The van der Waals surface area contributed by atoms with Crippen LogP contribution in [0.2, 0.25) is 0 Å². The molecule has 0 N–H and O–H groups in total. The molecule has 1 aliphatic carbocycles. The predicted octanol–water partition coefficient (Wildman–Crippen LogP) is 5.71. The molecular weight excluding hydrogens is 305 g/mol. The van der Waals surface area contributed by atoms with Crippen LogP contribution in [0.25, 0.3) is 0 Å². The van der Waals surface area contributed by atoms with E-state index < -0.39 is 0 Å². The van der Waals surface area contributed by atoms with Gasteiger partial charge < -0.3 is 22.3 Å². The van der Waals surface area contributed by atoms with Crippen molar-refractivity contribution in [1.29, 1.82) is 0 Å². The zero-order chi connectivity index (χ0) is 9.90. The van der Waals surface area contributed by atoms with E-state index in [1.54, 1.807) is 0 Å². The third kappa shape index (κ3) is 17.7. The SMILES string of the molecule is C1=CCC/C=C\CC1.[CH3-].[CH3-].[CH3-].[Ru+3].c1ccccc1. The first-order valence-electron chi connectivity index (χ1n) is 5.30. The van der Waals surface area contributed by atoms with Crippen LogP contribution in [-0.4, -0.2) is 0 Å². The fourth-order valence-electron chi connectivity index (χ4n) is 1.24. The second kappa shape index (κ2) is 21.6. The summed E-state index contributed by atoms with van der Waals surface area (Å²) in [6.07, 6.45) is 14.0. The standard InChI is InChI=1S/C8H12.C6H6.3CH3.Ru/c1-2-4-6-8-7-5-3-1;1-2-4-6-5-3-1;;;;/h1-2,7-8H,3-6H2;1-6H;3*1H3;/q;;3*-1;+3/b2-1-,8-7?;;;;;. The average Bonchev–Trinajstić information content (AvgIpc) is 2.20. The first-order valence-corrected chi connectivity index (χ1v) is 5.30. The molecule has 0 aromatic heterocycles. The molecule has 0 amide bonds. The Labute approximate surface area is 128 Å². The van der Waals surface area contributed by atoms with Crippen molar-refractivity contribution in [2.45, 2.75) is 25.7 Å². The molecule has 1 radical (unpaired) electrons. The van der Waals surface area contributed by atoms with Crippen molar-refractivity contribution in [3.63, 3.8) is 0 Å². The van der Waals surface area contributed by atoms with Gasteiger partial charge in [0, 0.05) is 0 Å². The van der Waals surface area contributed by atoms with Crippen LogP contribution < -0.4 is 0 Å². The summed E-state index contributed by atoms with van der Waals surface area (Å²) in [6, 6.07) is 12.0. The molecule has 1 aromatic rings. The Balaban J connectivity index is -0.0000000910. The van der Waals surface area contributed by atoms with Gasteiger partial charge in [0.15, 0.2) is 0 Å². The maximum atomic E-state index is 2.27. The topological polar surface area (TPSA) is 0 Å². The van der Waals surface area contributed by atoms with E-state index in [2.05, 4.69) is 24.3 Å². The maximum Gasteiger partial charge on any atom is 3.00 e. The van der Waals surface area contributed by atoms with Crippen molar-refractivity contribution < 1.29 is 19.5 Å². The van der Waals surface area contributed by atoms with Crippen molar-refractivity contribution in [3.8, 4) is 0 Å². The average molecular weight is 332 g/mol. The monoisotopic (exact) mass is 333 g/mol. The van der Waals surface area contributed by atoms with Gasteiger partial charge >= 0.3 is 19.5 Å². The molecule has 0 bridgehead atoms. The van der Waals surface area contributed by atoms with Crippen LogP contribution in [0.3, 0.4) is 0 Å². The Bertz CT molecular complexity index is 209. The summed E-state index contributed by atoms with van der Waals surface area (Å²) >= 11 is 0. The Morgan fingerprint density at radius 1 is 0.389 bits per heavy atom. The number of hydrogen-bond acceptors (Lipinski definition) is 0. The van der Waals surface area contributed by atoms with E-state index in [-0.39, 0.29) is 41.8 Å². The number of allylic oxidation sites excluding steroid dienone is 4. The molecule has 0 aliphatic heterocycles. The minimum absolute atomic E-state index is 0. The number of hydrogen-bond donors (Lipinski definition) is 0. The molecule has 103 valence electrons. The van der Waals surface area contributed by atoms with Crippen molar-refractivity contribution >= 4 is 0 Å². The van der Waals surface area contributed by atoms with E-state index >= 15 is 0 Å². The van der Waals surface area contributed by atoms with Gasteiger partial charge in [0.05, 0.1) is 0 Å². The molecule has 0 spiro atoms. The van der Waals surface area contributed by atoms with E-state index in [1.807, 2.05) is 36.4 Å². The molecule has 0 nitrogen and oxygen atoms in total. The van der Waals surface area contributed by atoms with Gasteiger partial charge in [0.2, 0.25) is 0 Å². The fourth-order valence-corrected chi connectivity index (χ4v) is 1.24. The molecule has 0 atom stereocenters. The molecule has 0 saturated heterocycles. The quantitative estimate of drug-likeness (QED) is 0.324. The van der Waals surface area contributed by atoms with Crippen molar-refractivity contribution in [1.82, 2.24) is 0 Å². The molecule has 0 heterocycles. The van der Waals surface area contributed by atoms with E-state index in [4.69, 9.17) is 0 Å². The normalized spacial score (nSPS) is 13.3. The van der Waals surface area contributed by atoms with Gasteiger partial charge in [-0.25, -0.2) is 0 Å². The van der Waals surface area contributed by atoms with Crippen molar-refractivity contribution in [2.75, 3.05) is 0 Å². The summed E-state index contributed by atoms with van der Waals surface area (Å²) in [7, 11) is 0. The molecule has 18 heavy (non-hydrogen) atoms. The molecule has 1 aromatic carbocycles. The van der Waals surface area contributed by atoms with Gasteiger partial charge in [-0.3, -0.25) is 0 Å². The molecule has 1 heteroatoms. The summed E-state index contributed by atoms with van der Waals surface area (Å²) in [5, 5.41) is 0. The van der Waals surface area contributed by atoms with E-state index in [0.29, 0.717) is 0 Å². The first-order chi connectivity index (χ1) is 7.00. The third-order valence-electron chi connectivity index (χ3n) is 2.00. The molecule has 2 rings (SSSR count). The zero-order valence-electron chi connectivity index (χ0n) is 12.0. The summed E-state index contributed by atoms with van der Waals surface area (Å²) in [5.74, 6) is 0. The Kier molecular flexibility index (Phi) is 31.2. The van der Waals surface area contributed by atoms with E-state index in [1.165, 1.54) is 25.7 Å². The van der Waals surface area contributed by atoms with Crippen LogP contribution in [0.4, 0.5) is 0 Å². The van der Waals surface area contributed by atoms with Crippen molar-refractivity contribution in [3.05, 3.63) is 83.0 Å². The predicted molar refractivity (Wildman–Crippen MR) is 82.4 cm³/mol. The first kappa shape index (κ1) is 26.0. The van der Waals surface area contributed by atoms with Crippen LogP contribution in [0, 0.1) is 22.3 Å². The summed E-state index contributed by atoms with van der Waals surface area (Å²) < 4.78 is 0. The number of rotatable bonds is 0. The van der Waals surface area contributed by atoms with Crippen LogP contribution >= 0.6 is 0 Å². The van der Waals surface area contributed by atoms with Crippen LogP contribution in [0.15, 0.2) is 60.7 Å². The van der Waals surface area contributed by atoms with Gasteiger partial charge in [-0.2, -0.15) is 0 Å². The van der Waals surface area contributed by atoms with Gasteiger partial charge in [-0.15, -0.1) is 0 Å². The van der Waals surface area contributed by atoms with Gasteiger partial charge in [-0.05, 0) is 25.7 Å². The largest absolute Gasteiger partial charge is 3.00 e. The minimum atomic E-state index is 0. The van der Waals surface area contributed by atoms with Crippen molar-refractivity contribution in [2.24, 2.45) is 0 Å². The van der Waals surface area contributed by atoms with Gasteiger partial charge in [-0.1, -0.05) is 60.7 Å². The summed E-state index contributed by atoms with van der Waals surface area (Å²) in [6.45, 7) is 0. The third-order valence-corrected chi connectivity index (χ3v) is 2.00. The minimum Gasteiger partial charge on any atom is -0.358 e. The molecule has 0 fully saturated rings. The Morgan fingerprint density at radius 2 is 0.556 bits per heavy atom. The second-order valence-corrected chi connectivity index (χ2v) is 3.25. The second-order valence-electron chi connectivity index (χ2n) is 3.25. The van der Waals surface area contributed by atoms with E-state index in [0.717, 1.165) is 0 Å². The molecule has 1 aliphatic rings. The summed E-state index contributed by atoms with van der Waals surface area (Å²) in [5.41, 5.74) is 0. The summed E-state index contributed by atoms with van der Waals surface area (Å²) in [4.78, 5) is 0. The zero-order valence-corrected chi connectivity index (χ0v) is 13.7. The number of benzene rings is 1. The van der Waals surface area contributed by atoms with E-state index in [9.17, 15) is 0 Å². The fraction of sp³-hybridized carbons (Fsp3) is 0.235. The van der Waals surface area contributed by atoms with Crippen LogP contribution in [-0.2, 0) is 19.5 Å². The van der Waals surface area contributed by atoms with Gasteiger partial charge in [0.1, 0.15) is 0 Å².